The lowest BCUT2D eigenvalue weighted by Crippen LogP contribution is -2.61. The van der Waals surface area contributed by atoms with Crippen LogP contribution in [0.5, 0.6) is 0 Å². The summed E-state index contributed by atoms with van der Waals surface area (Å²) in [6.45, 7) is 47.4. The van der Waals surface area contributed by atoms with Crippen molar-refractivity contribution in [3.05, 3.63) is 281 Å². The number of aromatic nitrogens is 2. The van der Waals surface area contributed by atoms with E-state index in [-0.39, 0.29) is 50.0 Å². The summed E-state index contributed by atoms with van der Waals surface area (Å²) in [4.78, 5) is 5.31. The minimum absolute atomic E-state index is 0.0223. The number of fused-ring (bicyclic) bond motifs is 12. The normalized spacial score (nSPS) is 16.3. The first-order valence-electron chi connectivity index (χ1n) is 40.3. The quantitative estimate of drug-likeness (QED) is 0.148. The average molecular weight is 1420 g/mol. The van der Waals surface area contributed by atoms with Crippen LogP contribution in [0.4, 0.5) is 34.1 Å². The summed E-state index contributed by atoms with van der Waals surface area (Å²) in [5.41, 5.74) is 36.5. The van der Waals surface area contributed by atoms with E-state index in [9.17, 15) is 0 Å². The molecule has 0 saturated heterocycles. The summed E-state index contributed by atoms with van der Waals surface area (Å²) in [5, 5.41) is 5.06. The van der Waals surface area contributed by atoms with E-state index in [1.54, 1.807) is 0 Å². The van der Waals surface area contributed by atoms with Gasteiger partial charge in [-0.05, 0) is 260 Å². The molecule has 0 unspecified atom stereocenters. The molecule has 4 nitrogen and oxygen atoms in total. The van der Waals surface area contributed by atoms with Crippen molar-refractivity contribution < 1.29 is 0 Å². The van der Waals surface area contributed by atoms with Gasteiger partial charge in [-0.25, -0.2) is 0 Å². The molecular formula is C104H107BN4. The van der Waals surface area contributed by atoms with Crippen LogP contribution in [-0.4, -0.2) is 15.8 Å². The van der Waals surface area contributed by atoms with Gasteiger partial charge in [-0.2, -0.15) is 0 Å². The van der Waals surface area contributed by atoms with Gasteiger partial charge in [-0.15, -0.1) is 0 Å². The van der Waals surface area contributed by atoms with Gasteiger partial charge in [0.1, 0.15) is 0 Å². The molecule has 18 rings (SSSR count). The van der Waals surface area contributed by atoms with E-state index in [1.165, 1.54) is 169 Å². The summed E-state index contributed by atoms with van der Waals surface area (Å²) in [7, 11) is 0. The Hall–Kier alpha value is -10.1. The van der Waals surface area contributed by atoms with Gasteiger partial charge in [0.05, 0.1) is 27.8 Å². The Morgan fingerprint density at radius 3 is 1.07 bits per heavy atom. The Bertz CT molecular complexity index is 6020. The molecule has 0 amide bonds. The Balaban J connectivity index is 0.939. The number of hydrogen-bond donors (Lipinski definition) is 0. The fourth-order valence-corrected chi connectivity index (χ4v) is 19.2. The van der Waals surface area contributed by atoms with Crippen molar-refractivity contribution in [1.29, 1.82) is 0 Å². The maximum absolute atomic E-state index is 2.66. The Kier molecular flexibility index (Phi) is 15.7. The SMILES string of the molecule is CC(C)(C)c1cccc(-c2ccc3c(c2)N(c2ccc(-c4ccc5c(c4)C(C)(C)CCC5(C)C)cc2)c2cc(-n4c5ccc(C(C)(C)C)cc5c5cc(C(C)(C)C)ccc54)cc4c2B3c2ccc(-n3c5ccccc5c5cc(C(C)(C)C)ccc53)cc2N4c2ccc(-c3ccc4c(c3)C(C)(C)CCC4(C)C)cc2)c1. The van der Waals surface area contributed by atoms with Crippen molar-refractivity contribution in [2.24, 2.45) is 0 Å². The highest BCUT2D eigenvalue weighted by Crippen LogP contribution is 2.53. The summed E-state index contributed by atoms with van der Waals surface area (Å²) in [5.74, 6) is 0. The van der Waals surface area contributed by atoms with Crippen molar-refractivity contribution >= 4 is 101 Å². The molecule has 4 aliphatic rings. The topological polar surface area (TPSA) is 16.3 Å². The minimum atomic E-state index is -0.167. The van der Waals surface area contributed by atoms with Crippen molar-refractivity contribution in [2.75, 3.05) is 9.80 Å². The third-order valence-electron chi connectivity index (χ3n) is 26.3. The van der Waals surface area contributed by atoms with Gasteiger partial charge in [0.25, 0.3) is 6.71 Å². The van der Waals surface area contributed by atoms with E-state index >= 15 is 0 Å². The van der Waals surface area contributed by atoms with Crippen LogP contribution in [0.3, 0.4) is 0 Å². The van der Waals surface area contributed by atoms with Crippen LogP contribution in [0.2, 0.25) is 0 Å². The first kappa shape index (κ1) is 70.6. The lowest BCUT2D eigenvalue weighted by Gasteiger charge is -2.44. The van der Waals surface area contributed by atoms with Crippen molar-refractivity contribution in [3.8, 4) is 44.8 Å². The molecule has 0 fully saturated rings. The second-order valence-corrected chi connectivity index (χ2v) is 39.6. The number of rotatable bonds is 7. The van der Waals surface area contributed by atoms with E-state index in [2.05, 4.69) is 394 Å². The number of anilines is 6. The zero-order valence-corrected chi connectivity index (χ0v) is 68.2. The molecule has 0 bridgehead atoms. The molecule has 0 saturated carbocycles. The summed E-state index contributed by atoms with van der Waals surface area (Å²) >= 11 is 0. The predicted molar refractivity (Wildman–Crippen MR) is 471 cm³/mol. The highest BCUT2D eigenvalue weighted by molar-refractivity contribution is 7.00. The standard InChI is InChI=1S/C104H107BN4/c1-97(2,3)70-25-23-24-66(54-70)69-34-45-86-92(57-69)106(74-38-28-64(29-39-74)67-32-43-82-84(55-67)103(17,18)52-50-101(82,13)14)94-62-77(109-90-48-36-72(99(7,8)9)59-80(90)81-60-73(100(10,11)12)37-49-91(81)109)63-95-96(94)105(86)87-46-42-76(108-88-27-22-21-26-78(88)79-58-71(98(4,5)6)35-47-89(79)108)61-93(87)107(95)75-40-30-65(31-41-75)68-33-44-83-85(56-68)104(19,20)53-51-102(83,15)16/h21-49,54-63H,50-53H2,1-20H3. The van der Waals surface area contributed by atoms with Crippen molar-refractivity contribution in [1.82, 2.24) is 9.13 Å². The molecule has 0 N–H and O–H groups in total. The predicted octanol–water partition coefficient (Wildman–Crippen LogP) is 26.9. The van der Waals surface area contributed by atoms with Crippen molar-refractivity contribution in [2.45, 2.75) is 207 Å². The van der Waals surface area contributed by atoms with E-state index in [1.807, 2.05) is 0 Å². The molecule has 4 heterocycles. The van der Waals surface area contributed by atoms with Crippen LogP contribution in [0, 0.1) is 0 Å². The van der Waals surface area contributed by atoms with Gasteiger partial charge in [0.15, 0.2) is 0 Å². The molecule has 0 spiro atoms. The second-order valence-electron chi connectivity index (χ2n) is 39.6. The fraction of sp³-hybridized carbons (Fsp3) is 0.308. The molecule has 109 heavy (non-hydrogen) atoms. The van der Waals surface area contributed by atoms with Crippen LogP contribution in [0.1, 0.15) is 209 Å². The smallest absolute Gasteiger partial charge is 0.252 e. The highest BCUT2D eigenvalue weighted by atomic mass is 15.2. The molecule has 0 atom stereocenters. The molecule has 14 aromatic rings. The number of nitrogens with zero attached hydrogens (tertiary/aromatic N) is 4. The monoisotopic (exact) mass is 1420 g/mol. The summed E-state index contributed by atoms with van der Waals surface area (Å²) < 4.78 is 5.14. The van der Waals surface area contributed by atoms with E-state index in [4.69, 9.17) is 0 Å². The van der Waals surface area contributed by atoms with Gasteiger partial charge in [-0.3, -0.25) is 0 Å². The van der Waals surface area contributed by atoms with E-state index in [0.717, 1.165) is 39.8 Å². The highest BCUT2D eigenvalue weighted by Gasteiger charge is 2.46. The zero-order chi connectivity index (χ0) is 76.3. The third-order valence-corrected chi connectivity index (χ3v) is 26.3. The first-order valence-corrected chi connectivity index (χ1v) is 40.3. The van der Waals surface area contributed by atoms with Crippen LogP contribution in [0.25, 0.3) is 88.4 Å². The molecular weight excluding hydrogens is 1320 g/mol. The van der Waals surface area contributed by atoms with Gasteiger partial charge >= 0.3 is 0 Å². The van der Waals surface area contributed by atoms with Gasteiger partial charge in [0, 0.05) is 61.4 Å². The Morgan fingerprint density at radius 2 is 0.606 bits per heavy atom. The van der Waals surface area contributed by atoms with Crippen LogP contribution in [0.15, 0.2) is 237 Å². The second kappa shape index (κ2) is 24.2. The zero-order valence-electron chi connectivity index (χ0n) is 68.2. The average Bonchev–Trinajstić information content (AvgIpc) is 1.51. The third kappa shape index (κ3) is 11.5. The minimum Gasteiger partial charge on any atom is -0.311 e. The van der Waals surface area contributed by atoms with Crippen molar-refractivity contribution in [3.63, 3.8) is 0 Å². The number of para-hydroxylation sites is 1. The molecule has 12 aromatic carbocycles. The maximum atomic E-state index is 2.66. The van der Waals surface area contributed by atoms with E-state index < -0.39 is 0 Å². The molecule has 5 heteroatoms. The van der Waals surface area contributed by atoms with Crippen LogP contribution in [-0.2, 0) is 43.3 Å². The van der Waals surface area contributed by atoms with Gasteiger partial charge in [-0.1, -0.05) is 278 Å². The first-order chi connectivity index (χ1) is 51.5. The molecule has 2 aliphatic carbocycles. The fourth-order valence-electron chi connectivity index (χ4n) is 19.2. The lowest BCUT2D eigenvalue weighted by atomic mass is 9.33. The molecule has 546 valence electrons. The molecule has 2 aromatic heterocycles. The number of benzene rings is 12. The summed E-state index contributed by atoms with van der Waals surface area (Å²) in [6.07, 6.45) is 4.71. The Morgan fingerprint density at radius 1 is 0.257 bits per heavy atom. The largest absolute Gasteiger partial charge is 0.311 e. The van der Waals surface area contributed by atoms with Crippen LogP contribution < -0.4 is 26.2 Å². The maximum Gasteiger partial charge on any atom is 0.252 e. The molecule has 2 aliphatic heterocycles. The van der Waals surface area contributed by atoms with Gasteiger partial charge in [0.2, 0.25) is 0 Å². The molecule has 0 radical (unpaired) electrons. The van der Waals surface area contributed by atoms with E-state index in [0.29, 0.717) is 0 Å². The van der Waals surface area contributed by atoms with Crippen LogP contribution >= 0.6 is 0 Å². The Labute approximate surface area is 649 Å². The summed E-state index contributed by atoms with van der Waals surface area (Å²) in [6, 6.07) is 94.2. The number of hydrogen-bond acceptors (Lipinski definition) is 2. The van der Waals surface area contributed by atoms with Gasteiger partial charge < -0.3 is 18.9 Å². The lowest BCUT2D eigenvalue weighted by molar-refractivity contribution is 0.332.